The number of ether oxygens (including phenoxy) is 1. The minimum Gasteiger partial charge on any atom is -0.506 e. The fraction of sp³-hybridized carbons (Fsp3) is 0.222. The molecule has 1 N–H and O–H groups in total. The largest absolute Gasteiger partial charge is 0.506 e. The first-order valence-electron chi connectivity index (χ1n) is 8.71. The zero-order valence-electron chi connectivity index (χ0n) is 15.1. The molecule has 1 saturated heterocycles. The van der Waals surface area contributed by atoms with Crippen molar-refractivity contribution in [3.05, 3.63) is 41.4 Å². The maximum atomic E-state index is 14.3. The van der Waals surface area contributed by atoms with E-state index in [0.717, 1.165) is 11.7 Å². The molecule has 7 nitrogen and oxygen atoms in total. The van der Waals surface area contributed by atoms with E-state index in [1.165, 1.54) is 6.20 Å². The van der Waals surface area contributed by atoms with E-state index in [-0.39, 0.29) is 28.2 Å². The Morgan fingerprint density at radius 1 is 1.14 bits per heavy atom. The summed E-state index contributed by atoms with van der Waals surface area (Å²) in [7, 11) is 1.87. The van der Waals surface area contributed by atoms with Gasteiger partial charge in [0.1, 0.15) is 13.6 Å². The summed E-state index contributed by atoms with van der Waals surface area (Å²) in [4.78, 5) is 18.8. The summed E-state index contributed by atoms with van der Waals surface area (Å²) >= 11 is 6.07. The second kappa shape index (κ2) is 7.69. The Kier molecular flexibility index (Phi) is 5.10. The Hall–Kier alpha value is -2.78. The van der Waals surface area contributed by atoms with Crippen LogP contribution in [0, 0.1) is 5.82 Å². The topological polar surface area (TPSA) is 84.3 Å². The highest BCUT2D eigenvalue weighted by molar-refractivity contribution is 6.37. The van der Waals surface area contributed by atoms with Gasteiger partial charge >= 0.3 is 0 Å². The number of benzene rings is 1. The van der Waals surface area contributed by atoms with Gasteiger partial charge in [0.05, 0.1) is 30.1 Å². The van der Waals surface area contributed by atoms with Gasteiger partial charge in [-0.2, -0.15) is 0 Å². The van der Waals surface area contributed by atoms with Crippen LogP contribution in [0.25, 0.3) is 22.9 Å². The summed E-state index contributed by atoms with van der Waals surface area (Å²) in [5.41, 5.74) is 1.82. The van der Waals surface area contributed by atoms with E-state index in [1.807, 2.05) is 7.85 Å². The van der Waals surface area contributed by atoms with E-state index >= 15 is 0 Å². The molecule has 10 heteroatoms. The normalized spacial score (nSPS) is 14.3. The fourth-order valence-corrected chi connectivity index (χ4v) is 3.28. The summed E-state index contributed by atoms with van der Waals surface area (Å²) in [5.74, 6) is 0.0478. The van der Waals surface area contributed by atoms with Crippen LogP contribution in [0.4, 0.5) is 10.2 Å². The number of aromatic hydroxyl groups is 1. The lowest BCUT2D eigenvalue weighted by atomic mass is 9.93. The number of aromatic nitrogens is 4. The van der Waals surface area contributed by atoms with Crippen LogP contribution < -0.4 is 10.4 Å². The number of morpholine rings is 1. The second-order valence-electron chi connectivity index (χ2n) is 6.37. The summed E-state index contributed by atoms with van der Waals surface area (Å²) < 4.78 is 19.6. The third-order valence-electron chi connectivity index (χ3n) is 4.38. The zero-order chi connectivity index (χ0) is 19.7. The first-order valence-corrected chi connectivity index (χ1v) is 9.09. The van der Waals surface area contributed by atoms with Crippen LogP contribution in [0.15, 0.2) is 30.6 Å². The third kappa shape index (κ3) is 3.63. The lowest BCUT2D eigenvalue weighted by Gasteiger charge is -2.27. The molecule has 0 radical (unpaired) electrons. The molecule has 28 heavy (non-hydrogen) atoms. The van der Waals surface area contributed by atoms with E-state index in [1.54, 1.807) is 23.1 Å². The van der Waals surface area contributed by atoms with Crippen molar-refractivity contribution >= 4 is 30.7 Å². The van der Waals surface area contributed by atoms with Crippen LogP contribution in [0.2, 0.25) is 5.02 Å². The number of phenols is 1. The highest BCUT2D eigenvalue weighted by Gasteiger charge is 2.20. The van der Waals surface area contributed by atoms with E-state index in [9.17, 15) is 9.50 Å². The quantitative estimate of drug-likeness (QED) is 0.662. The molecule has 0 amide bonds. The predicted octanol–water partition coefficient (Wildman–Crippen LogP) is 1.19. The molecule has 1 fully saturated rings. The first-order chi connectivity index (χ1) is 13.5. The maximum Gasteiger partial charge on any atom is 0.199 e. The van der Waals surface area contributed by atoms with E-state index in [2.05, 4.69) is 19.9 Å². The Bertz CT molecular complexity index is 1030. The summed E-state index contributed by atoms with van der Waals surface area (Å²) in [6.07, 6.45) is 2.65. The summed E-state index contributed by atoms with van der Waals surface area (Å²) in [5, 5.41) is 10.5. The molecule has 1 aromatic carbocycles. The van der Waals surface area contributed by atoms with Crippen LogP contribution in [-0.4, -0.2) is 59.2 Å². The minimum absolute atomic E-state index is 0.0639. The molecular weight excluding hydrogens is 383 g/mol. The molecule has 3 aromatic rings. The number of hydrogen-bond donors (Lipinski definition) is 1. The van der Waals surface area contributed by atoms with Crippen LogP contribution in [0.3, 0.4) is 0 Å². The zero-order valence-corrected chi connectivity index (χ0v) is 15.8. The maximum absolute atomic E-state index is 14.3. The lowest BCUT2D eigenvalue weighted by Crippen LogP contribution is -2.37. The van der Waals surface area contributed by atoms with Gasteiger partial charge in [-0.05, 0) is 12.1 Å². The number of rotatable bonds is 3. The van der Waals surface area contributed by atoms with Crippen molar-refractivity contribution in [2.45, 2.75) is 0 Å². The third-order valence-corrected chi connectivity index (χ3v) is 4.66. The average Bonchev–Trinajstić information content (AvgIpc) is 2.72. The Morgan fingerprint density at radius 2 is 1.89 bits per heavy atom. The first kappa shape index (κ1) is 18.6. The van der Waals surface area contributed by atoms with Crippen LogP contribution in [0.1, 0.15) is 0 Å². The van der Waals surface area contributed by atoms with Gasteiger partial charge in [-0.25, -0.2) is 24.3 Å². The van der Waals surface area contributed by atoms with Gasteiger partial charge in [0, 0.05) is 24.8 Å². The average molecular weight is 400 g/mol. The molecule has 0 spiro atoms. The summed E-state index contributed by atoms with van der Waals surface area (Å²) in [6, 6.07) is 5.10. The van der Waals surface area contributed by atoms with Crippen molar-refractivity contribution in [2.24, 2.45) is 0 Å². The van der Waals surface area contributed by atoms with Crippen molar-refractivity contribution in [1.82, 2.24) is 19.9 Å². The Balaban J connectivity index is 1.74. The van der Waals surface area contributed by atoms with Crippen molar-refractivity contribution in [2.75, 3.05) is 31.2 Å². The van der Waals surface area contributed by atoms with Crippen LogP contribution in [0.5, 0.6) is 5.75 Å². The SMILES string of the molecule is Bc1cc(Cl)c(O)c(-c2ccnc(-c3ncc(F)c(N4CCOCC4)n3)n2)c1. The van der Waals surface area contributed by atoms with Crippen LogP contribution in [-0.2, 0) is 4.74 Å². The fourth-order valence-electron chi connectivity index (χ4n) is 3.01. The molecule has 0 unspecified atom stereocenters. The van der Waals surface area contributed by atoms with Gasteiger partial charge in [0.2, 0.25) is 0 Å². The Morgan fingerprint density at radius 3 is 2.68 bits per heavy atom. The predicted molar refractivity (Wildman–Crippen MR) is 106 cm³/mol. The molecule has 3 heterocycles. The van der Waals surface area contributed by atoms with Crippen molar-refractivity contribution in [1.29, 1.82) is 0 Å². The van der Waals surface area contributed by atoms with Crippen molar-refractivity contribution < 1.29 is 14.2 Å². The smallest absolute Gasteiger partial charge is 0.199 e. The molecule has 0 saturated carbocycles. The molecule has 142 valence electrons. The molecule has 0 bridgehead atoms. The van der Waals surface area contributed by atoms with Gasteiger partial charge in [0.25, 0.3) is 0 Å². The molecule has 1 aliphatic rings. The van der Waals surface area contributed by atoms with Gasteiger partial charge < -0.3 is 14.7 Å². The second-order valence-corrected chi connectivity index (χ2v) is 6.78. The number of halogens is 2. The number of phenolic OH excluding ortho intramolecular Hbond substituents is 1. The number of hydrogen-bond acceptors (Lipinski definition) is 7. The molecule has 0 atom stereocenters. The van der Waals surface area contributed by atoms with Gasteiger partial charge in [0.15, 0.2) is 23.3 Å². The lowest BCUT2D eigenvalue weighted by molar-refractivity contribution is 0.122. The highest BCUT2D eigenvalue weighted by Crippen LogP contribution is 2.33. The summed E-state index contributed by atoms with van der Waals surface area (Å²) in [6.45, 7) is 2.12. The van der Waals surface area contributed by atoms with Gasteiger partial charge in [-0.1, -0.05) is 23.1 Å². The monoisotopic (exact) mass is 399 g/mol. The van der Waals surface area contributed by atoms with Gasteiger partial charge in [-0.3, -0.25) is 0 Å². The molecule has 2 aromatic heterocycles. The minimum atomic E-state index is -0.509. The highest BCUT2D eigenvalue weighted by atomic mass is 35.5. The Labute approximate surface area is 166 Å². The van der Waals surface area contributed by atoms with Crippen molar-refractivity contribution in [3.63, 3.8) is 0 Å². The van der Waals surface area contributed by atoms with Gasteiger partial charge in [-0.15, -0.1) is 0 Å². The van der Waals surface area contributed by atoms with Crippen molar-refractivity contribution in [3.8, 4) is 28.7 Å². The van der Waals surface area contributed by atoms with E-state index in [0.29, 0.717) is 37.6 Å². The molecule has 1 aliphatic heterocycles. The number of anilines is 1. The van der Waals surface area contributed by atoms with E-state index in [4.69, 9.17) is 16.3 Å². The standard InChI is InChI=1S/C18H16BClFN5O2/c19-10-7-11(15(27)12(20)8-10)14-1-2-22-16(24-14)17-23-9-13(21)18(25-17)26-3-5-28-6-4-26/h1-2,7-9,27H,3-6,19H2. The molecule has 4 rings (SSSR count). The van der Waals surface area contributed by atoms with Crippen LogP contribution >= 0.6 is 11.6 Å². The number of nitrogens with zero attached hydrogens (tertiary/aromatic N) is 5. The molecular formula is C18H16BClFN5O2. The van der Waals surface area contributed by atoms with E-state index < -0.39 is 5.82 Å². The molecule has 0 aliphatic carbocycles.